The van der Waals surface area contributed by atoms with Crippen molar-refractivity contribution in [2.24, 2.45) is 0 Å². The lowest BCUT2D eigenvalue weighted by atomic mass is 10.1. The number of carbonyl (C=O) groups is 1. The van der Waals surface area contributed by atoms with Gasteiger partial charge >= 0.3 is 0 Å². The highest BCUT2D eigenvalue weighted by Crippen LogP contribution is 2.25. The first-order chi connectivity index (χ1) is 7.54. The van der Waals surface area contributed by atoms with Gasteiger partial charge in [0.25, 0.3) is 5.69 Å². The lowest BCUT2D eigenvalue weighted by Gasteiger charge is -2.04. The van der Waals surface area contributed by atoms with E-state index in [-0.39, 0.29) is 17.8 Å². The van der Waals surface area contributed by atoms with E-state index in [9.17, 15) is 14.9 Å². The van der Waals surface area contributed by atoms with E-state index in [2.05, 4.69) is 5.32 Å². The molecule has 1 N–H and O–H groups in total. The van der Waals surface area contributed by atoms with Crippen LogP contribution in [0.3, 0.4) is 0 Å². The zero-order valence-electron chi connectivity index (χ0n) is 8.56. The summed E-state index contributed by atoms with van der Waals surface area (Å²) in [5, 5.41) is 21.5. The van der Waals surface area contributed by atoms with Gasteiger partial charge in [0.1, 0.15) is 5.69 Å². The molecule has 0 bridgehead atoms. The van der Waals surface area contributed by atoms with Gasteiger partial charge in [-0.1, -0.05) is 6.07 Å². The Kier molecular flexibility index (Phi) is 3.56. The number of nitriles is 1. The van der Waals surface area contributed by atoms with Crippen LogP contribution >= 0.6 is 0 Å². The van der Waals surface area contributed by atoms with Gasteiger partial charge in [-0.25, -0.2) is 0 Å². The number of benzene rings is 1. The molecule has 1 aromatic rings. The molecule has 6 heteroatoms. The summed E-state index contributed by atoms with van der Waals surface area (Å²) >= 11 is 0. The fraction of sp³-hybridized carbons (Fsp3) is 0.200. The molecule has 16 heavy (non-hydrogen) atoms. The van der Waals surface area contributed by atoms with E-state index < -0.39 is 10.8 Å². The first-order valence-corrected chi connectivity index (χ1v) is 4.46. The number of anilines is 1. The minimum absolute atomic E-state index is 0.116. The third-order valence-electron chi connectivity index (χ3n) is 1.85. The number of nitro benzene ring substituents is 1. The maximum absolute atomic E-state index is 10.9. The molecule has 0 fully saturated rings. The van der Waals surface area contributed by atoms with Gasteiger partial charge in [-0.15, -0.1) is 0 Å². The van der Waals surface area contributed by atoms with E-state index in [0.29, 0.717) is 5.56 Å². The Morgan fingerprint density at radius 2 is 2.31 bits per heavy atom. The molecule has 0 atom stereocenters. The number of carbonyl (C=O) groups excluding carboxylic acids is 1. The van der Waals surface area contributed by atoms with Crippen LogP contribution < -0.4 is 5.32 Å². The normalized spacial score (nSPS) is 9.25. The Bertz CT molecular complexity index is 477. The van der Waals surface area contributed by atoms with Gasteiger partial charge in [0.15, 0.2) is 0 Å². The van der Waals surface area contributed by atoms with Crippen LogP contribution in [-0.2, 0) is 11.2 Å². The summed E-state index contributed by atoms with van der Waals surface area (Å²) in [6, 6.07) is 6.13. The highest BCUT2D eigenvalue weighted by atomic mass is 16.6. The molecular weight excluding hydrogens is 210 g/mol. The average Bonchev–Trinajstić information content (AvgIpc) is 2.16. The Morgan fingerprint density at radius 3 is 2.81 bits per heavy atom. The SMILES string of the molecule is CC(=O)Nc1cc(CC#N)ccc1[N+](=O)[O-]. The van der Waals surface area contributed by atoms with E-state index in [1.165, 1.54) is 25.1 Å². The molecule has 1 aromatic carbocycles. The topological polar surface area (TPSA) is 96.0 Å². The van der Waals surface area contributed by atoms with Gasteiger partial charge in [0.05, 0.1) is 17.4 Å². The molecular formula is C10H9N3O3. The Balaban J connectivity index is 3.16. The monoisotopic (exact) mass is 219 g/mol. The summed E-state index contributed by atoms with van der Waals surface area (Å²) in [4.78, 5) is 20.9. The summed E-state index contributed by atoms with van der Waals surface area (Å²) < 4.78 is 0. The highest BCUT2D eigenvalue weighted by Gasteiger charge is 2.14. The third kappa shape index (κ3) is 2.78. The lowest BCUT2D eigenvalue weighted by Crippen LogP contribution is -2.08. The van der Waals surface area contributed by atoms with Crippen LogP contribution in [0.5, 0.6) is 0 Å². The zero-order chi connectivity index (χ0) is 12.1. The molecule has 0 saturated heterocycles. The number of amides is 1. The van der Waals surface area contributed by atoms with Crippen molar-refractivity contribution >= 4 is 17.3 Å². The Labute approximate surface area is 91.6 Å². The fourth-order valence-electron chi connectivity index (χ4n) is 1.23. The van der Waals surface area contributed by atoms with Crippen molar-refractivity contribution in [3.63, 3.8) is 0 Å². The average molecular weight is 219 g/mol. The minimum atomic E-state index is -0.582. The number of hydrogen-bond donors (Lipinski definition) is 1. The summed E-state index contributed by atoms with van der Waals surface area (Å²) in [6.07, 6.45) is 0.143. The van der Waals surface area contributed by atoms with Crippen molar-refractivity contribution in [1.29, 1.82) is 5.26 Å². The van der Waals surface area contributed by atoms with Crippen LogP contribution in [-0.4, -0.2) is 10.8 Å². The number of nitro groups is 1. The third-order valence-corrected chi connectivity index (χ3v) is 1.85. The van der Waals surface area contributed by atoms with Crippen molar-refractivity contribution < 1.29 is 9.72 Å². The molecule has 0 saturated carbocycles. The molecule has 0 aliphatic carbocycles. The van der Waals surface area contributed by atoms with Crippen molar-refractivity contribution in [3.8, 4) is 6.07 Å². The highest BCUT2D eigenvalue weighted by molar-refractivity contribution is 5.91. The van der Waals surface area contributed by atoms with Crippen molar-refractivity contribution in [1.82, 2.24) is 0 Å². The van der Waals surface area contributed by atoms with Crippen LogP contribution in [0.15, 0.2) is 18.2 Å². The van der Waals surface area contributed by atoms with Crippen molar-refractivity contribution in [2.75, 3.05) is 5.32 Å². The molecule has 0 unspecified atom stereocenters. The van der Waals surface area contributed by atoms with Gasteiger partial charge in [-0.2, -0.15) is 5.26 Å². The number of hydrogen-bond acceptors (Lipinski definition) is 4. The molecule has 0 heterocycles. The Hall–Kier alpha value is -2.42. The van der Waals surface area contributed by atoms with Crippen molar-refractivity contribution in [3.05, 3.63) is 33.9 Å². The van der Waals surface area contributed by atoms with Crippen LogP contribution in [0.25, 0.3) is 0 Å². The van der Waals surface area contributed by atoms with Crippen LogP contribution in [0, 0.1) is 21.4 Å². The first-order valence-electron chi connectivity index (χ1n) is 4.46. The van der Waals surface area contributed by atoms with Gasteiger partial charge < -0.3 is 5.32 Å². The summed E-state index contributed by atoms with van der Waals surface area (Å²) in [5.74, 6) is -0.391. The molecule has 82 valence electrons. The van der Waals surface area contributed by atoms with E-state index in [0.717, 1.165) is 0 Å². The van der Waals surface area contributed by atoms with E-state index in [4.69, 9.17) is 5.26 Å². The molecule has 1 rings (SSSR count). The second-order valence-electron chi connectivity index (χ2n) is 3.12. The largest absolute Gasteiger partial charge is 0.321 e. The number of nitrogens with zero attached hydrogens (tertiary/aromatic N) is 2. The summed E-state index contributed by atoms with van der Waals surface area (Å²) in [6.45, 7) is 1.26. The second kappa shape index (κ2) is 4.89. The van der Waals surface area contributed by atoms with Crippen molar-refractivity contribution in [2.45, 2.75) is 13.3 Å². The predicted octanol–water partition coefficient (Wildman–Crippen LogP) is 1.62. The predicted molar refractivity (Wildman–Crippen MR) is 56.7 cm³/mol. The van der Waals surface area contributed by atoms with Gasteiger partial charge in [0.2, 0.25) is 5.91 Å². The second-order valence-corrected chi connectivity index (χ2v) is 3.12. The molecule has 0 aromatic heterocycles. The van der Waals surface area contributed by atoms with E-state index in [1.807, 2.05) is 6.07 Å². The van der Waals surface area contributed by atoms with E-state index >= 15 is 0 Å². The Morgan fingerprint density at radius 1 is 1.62 bits per heavy atom. The maximum atomic E-state index is 10.9. The molecule has 6 nitrogen and oxygen atoms in total. The van der Waals surface area contributed by atoms with Gasteiger partial charge in [-0.3, -0.25) is 14.9 Å². The standard InChI is InChI=1S/C10H9N3O3/c1-7(14)12-9-6-8(4-5-11)2-3-10(9)13(15)16/h2-3,6H,4H2,1H3,(H,12,14). The number of nitrogens with one attached hydrogen (secondary N) is 1. The smallest absolute Gasteiger partial charge is 0.292 e. The zero-order valence-corrected chi connectivity index (χ0v) is 8.56. The quantitative estimate of drug-likeness (QED) is 0.617. The van der Waals surface area contributed by atoms with Crippen LogP contribution in [0.2, 0.25) is 0 Å². The molecule has 0 aliphatic heterocycles. The summed E-state index contributed by atoms with van der Waals surface area (Å²) in [7, 11) is 0. The number of rotatable bonds is 3. The first kappa shape index (κ1) is 11.7. The van der Waals surface area contributed by atoms with Gasteiger partial charge in [-0.05, 0) is 11.6 Å². The summed E-state index contributed by atoms with van der Waals surface area (Å²) in [5.41, 5.74) is 0.555. The fourth-order valence-corrected chi connectivity index (χ4v) is 1.23. The lowest BCUT2D eigenvalue weighted by molar-refractivity contribution is -0.383. The molecule has 1 amide bonds. The van der Waals surface area contributed by atoms with Crippen LogP contribution in [0.1, 0.15) is 12.5 Å². The van der Waals surface area contributed by atoms with E-state index in [1.54, 1.807) is 0 Å². The molecule has 0 aliphatic rings. The van der Waals surface area contributed by atoms with Gasteiger partial charge in [0, 0.05) is 13.0 Å². The van der Waals surface area contributed by atoms with Crippen LogP contribution in [0.4, 0.5) is 11.4 Å². The minimum Gasteiger partial charge on any atom is -0.321 e. The molecule has 0 spiro atoms. The maximum Gasteiger partial charge on any atom is 0.292 e. The molecule has 0 radical (unpaired) electrons.